The number of anilines is 1. The van der Waals surface area contributed by atoms with Crippen molar-refractivity contribution >= 4 is 26.5 Å². The number of sulfonamides is 1. The lowest BCUT2D eigenvalue weighted by Crippen LogP contribution is -2.29. The van der Waals surface area contributed by atoms with Gasteiger partial charge in [0.05, 0.1) is 4.90 Å². The summed E-state index contributed by atoms with van der Waals surface area (Å²) in [6, 6.07) is 20.6. The maximum Gasteiger partial charge on any atom is 0.261 e. The first-order valence-corrected chi connectivity index (χ1v) is 10.9. The SMILES string of the molecule is O=S(=O)(Nc1ccc(CN2CCCCC2)cc1)c1ccc2ccccc2c1. The molecule has 0 atom stereocenters. The number of hydrogen-bond acceptors (Lipinski definition) is 3. The predicted octanol–water partition coefficient (Wildman–Crippen LogP) is 4.63. The van der Waals surface area contributed by atoms with Crippen LogP contribution in [0, 0.1) is 0 Å². The maximum atomic E-state index is 12.7. The molecule has 1 N–H and O–H groups in total. The van der Waals surface area contributed by atoms with Crippen LogP contribution in [0.15, 0.2) is 71.6 Å². The number of fused-ring (bicyclic) bond motifs is 1. The van der Waals surface area contributed by atoms with Crippen LogP contribution in [0.3, 0.4) is 0 Å². The first-order valence-electron chi connectivity index (χ1n) is 9.43. The van der Waals surface area contributed by atoms with Crippen molar-refractivity contribution in [3.05, 3.63) is 72.3 Å². The van der Waals surface area contributed by atoms with Gasteiger partial charge in [0.2, 0.25) is 0 Å². The Bertz CT molecular complexity index is 1020. The van der Waals surface area contributed by atoms with E-state index in [1.165, 1.54) is 24.8 Å². The van der Waals surface area contributed by atoms with Gasteiger partial charge < -0.3 is 0 Å². The number of nitrogens with zero attached hydrogens (tertiary/aromatic N) is 1. The minimum absolute atomic E-state index is 0.276. The van der Waals surface area contributed by atoms with E-state index in [0.717, 1.165) is 30.4 Å². The van der Waals surface area contributed by atoms with Gasteiger partial charge in [0.1, 0.15) is 0 Å². The zero-order valence-electron chi connectivity index (χ0n) is 15.3. The summed E-state index contributed by atoms with van der Waals surface area (Å²) in [5.41, 5.74) is 1.80. The third kappa shape index (κ3) is 4.31. The summed E-state index contributed by atoms with van der Waals surface area (Å²) in [6.07, 6.45) is 3.86. The van der Waals surface area contributed by atoms with Crippen LogP contribution in [0.4, 0.5) is 5.69 Å². The highest BCUT2D eigenvalue weighted by atomic mass is 32.2. The van der Waals surface area contributed by atoms with E-state index in [9.17, 15) is 8.42 Å². The summed E-state index contributed by atoms with van der Waals surface area (Å²) in [6.45, 7) is 3.23. The van der Waals surface area contributed by atoms with Crippen molar-refractivity contribution in [3.8, 4) is 0 Å². The van der Waals surface area contributed by atoms with Crippen LogP contribution >= 0.6 is 0 Å². The molecule has 0 radical (unpaired) electrons. The fraction of sp³-hybridized carbons (Fsp3) is 0.273. The van der Waals surface area contributed by atoms with Gasteiger partial charge in [0, 0.05) is 12.2 Å². The average Bonchev–Trinajstić information content (AvgIpc) is 2.70. The molecule has 3 aromatic carbocycles. The van der Waals surface area contributed by atoms with E-state index in [0.29, 0.717) is 5.69 Å². The number of rotatable bonds is 5. The predicted molar refractivity (Wildman–Crippen MR) is 110 cm³/mol. The van der Waals surface area contributed by atoms with Crippen LogP contribution in [0.2, 0.25) is 0 Å². The topological polar surface area (TPSA) is 49.4 Å². The molecule has 1 heterocycles. The standard InChI is InChI=1S/C22H24N2O2S/c25-27(26,22-13-10-19-6-2-3-7-20(19)16-22)23-21-11-8-18(9-12-21)17-24-14-4-1-5-15-24/h2-3,6-13,16,23H,1,4-5,14-15,17H2. The second-order valence-electron chi connectivity index (χ2n) is 7.15. The first kappa shape index (κ1) is 18.0. The van der Waals surface area contributed by atoms with Crippen molar-refractivity contribution in [2.24, 2.45) is 0 Å². The minimum atomic E-state index is -3.61. The van der Waals surface area contributed by atoms with E-state index < -0.39 is 10.0 Å². The Hall–Kier alpha value is -2.37. The molecule has 5 heteroatoms. The van der Waals surface area contributed by atoms with Gasteiger partial charge in [-0.1, -0.05) is 48.9 Å². The highest BCUT2D eigenvalue weighted by Gasteiger charge is 2.15. The smallest absolute Gasteiger partial charge is 0.261 e. The van der Waals surface area contributed by atoms with E-state index in [1.54, 1.807) is 12.1 Å². The lowest BCUT2D eigenvalue weighted by molar-refractivity contribution is 0.221. The average molecular weight is 381 g/mol. The summed E-state index contributed by atoms with van der Waals surface area (Å²) >= 11 is 0. The highest BCUT2D eigenvalue weighted by molar-refractivity contribution is 7.92. The van der Waals surface area contributed by atoms with Gasteiger partial charge in [-0.2, -0.15) is 0 Å². The number of hydrogen-bond donors (Lipinski definition) is 1. The zero-order chi connectivity index (χ0) is 18.7. The Balaban J connectivity index is 1.48. The van der Waals surface area contributed by atoms with Crippen molar-refractivity contribution in [1.29, 1.82) is 0 Å². The lowest BCUT2D eigenvalue weighted by Gasteiger charge is -2.26. The Morgan fingerprint density at radius 3 is 2.26 bits per heavy atom. The Labute approximate surface area is 160 Å². The van der Waals surface area contributed by atoms with Gasteiger partial charge in [-0.25, -0.2) is 8.42 Å². The van der Waals surface area contributed by atoms with Gasteiger partial charge in [-0.15, -0.1) is 0 Å². The Kier molecular flexibility index (Phi) is 5.14. The lowest BCUT2D eigenvalue weighted by atomic mass is 10.1. The van der Waals surface area contributed by atoms with Crippen molar-refractivity contribution in [2.75, 3.05) is 17.8 Å². The molecule has 4 nitrogen and oxygen atoms in total. The second-order valence-corrected chi connectivity index (χ2v) is 8.83. The molecule has 0 unspecified atom stereocenters. The summed E-state index contributed by atoms with van der Waals surface area (Å²) < 4.78 is 28.1. The monoisotopic (exact) mass is 380 g/mol. The van der Waals surface area contributed by atoms with Crippen molar-refractivity contribution in [2.45, 2.75) is 30.7 Å². The molecule has 0 spiro atoms. The molecule has 27 heavy (non-hydrogen) atoms. The van der Waals surface area contributed by atoms with Crippen molar-refractivity contribution < 1.29 is 8.42 Å². The number of piperidine rings is 1. The molecule has 3 aromatic rings. The van der Waals surface area contributed by atoms with Gasteiger partial charge >= 0.3 is 0 Å². The van der Waals surface area contributed by atoms with E-state index in [-0.39, 0.29) is 4.90 Å². The quantitative estimate of drug-likeness (QED) is 0.702. The van der Waals surface area contributed by atoms with Crippen LogP contribution in [-0.2, 0) is 16.6 Å². The van der Waals surface area contributed by atoms with E-state index in [2.05, 4.69) is 9.62 Å². The third-order valence-electron chi connectivity index (χ3n) is 5.09. The maximum absolute atomic E-state index is 12.7. The summed E-state index contributed by atoms with van der Waals surface area (Å²) in [5.74, 6) is 0. The number of benzene rings is 3. The molecule has 1 aliphatic heterocycles. The Morgan fingerprint density at radius 1 is 0.815 bits per heavy atom. The van der Waals surface area contributed by atoms with Gasteiger partial charge in [0.15, 0.2) is 0 Å². The molecular weight excluding hydrogens is 356 g/mol. The van der Waals surface area contributed by atoms with Gasteiger partial charge in [0.25, 0.3) is 10.0 Å². The van der Waals surface area contributed by atoms with Crippen LogP contribution < -0.4 is 4.72 Å². The molecule has 0 saturated carbocycles. The van der Waals surface area contributed by atoms with Crippen LogP contribution in [0.25, 0.3) is 10.8 Å². The second kappa shape index (κ2) is 7.71. The van der Waals surface area contributed by atoms with Gasteiger partial charge in [-0.3, -0.25) is 9.62 Å². The van der Waals surface area contributed by atoms with E-state index >= 15 is 0 Å². The summed E-state index contributed by atoms with van der Waals surface area (Å²) in [5, 5.41) is 1.94. The molecule has 4 rings (SSSR count). The molecule has 0 bridgehead atoms. The summed E-state index contributed by atoms with van der Waals surface area (Å²) in [7, 11) is -3.61. The van der Waals surface area contributed by atoms with Crippen LogP contribution in [0.5, 0.6) is 0 Å². The highest BCUT2D eigenvalue weighted by Crippen LogP contribution is 2.22. The molecule has 1 fully saturated rings. The van der Waals surface area contributed by atoms with Crippen LogP contribution in [0.1, 0.15) is 24.8 Å². The van der Waals surface area contributed by atoms with E-state index in [1.807, 2.05) is 54.6 Å². The largest absolute Gasteiger partial charge is 0.299 e. The number of likely N-dealkylation sites (tertiary alicyclic amines) is 1. The van der Waals surface area contributed by atoms with Crippen LogP contribution in [-0.4, -0.2) is 26.4 Å². The molecule has 0 amide bonds. The molecule has 0 aromatic heterocycles. The van der Waals surface area contributed by atoms with E-state index in [4.69, 9.17) is 0 Å². The van der Waals surface area contributed by atoms with Crippen molar-refractivity contribution in [1.82, 2.24) is 4.90 Å². The first-order chi connectivity index (χ1) is 13.1. The fourth-order valence-electron chi connectivity index (χ4n) is 3.60. The van der Waals surface area contributed by atoms with Gasteiger partial charge in [-0.05, 0) is 66.5 Å². The molecular formula is C22H24N2O2S. The molecule has 1 saturated heterocycles. The normalized spacial score (nSPS) is 15.7. The van der Waals surface area contributed by atoms with Crippen molar-refractivity contribution in [3.63, 3.8) is 0 Å². The zero-order valence-corrected chi connectivity index (χ0v) is 16.1. The fourth-order valence-corrected chi connectivity index (χ4v) is 4.70. The Morgan fingerprint density at radius 2 is 1.52 bits per heavy atom. The minimum Gasteiger partial charge on any atom is -0.299 e. The molecule has 140 valence electrons. The number of nitrogens with one attached hydrogen (secondary N) is 1. The molecule has 1 aliphatic rings. The molecule has 0 aliphatic carbocycles. The third-order valence-corrected chi connectivity index (χ3v) is 6.47. The summed E-state index contributed by atoms with van der Waals surface area (Å²) in [4.78, 5) is 2.73.